The Labute approximate surface area is 159 Å². The van der Waals surface area contributed by atoms with Crippen molar-refractivity contribution in [3.8, 4) is 5.69 Å². The summed E-state index contributed by atoms with van der Waals surface area (Å²) in [6, 6.07) is 7.83. The number of ketones is 1. The van der Waals surface area contributed by atoms with Gasteiger partial charge in [0.15, 0.2) is 10.9 Å². The second-order valence-electron chi connectivity index (χ2n) is 6.04. The molecule has 0 aliphatic carbocycles. The quantitative estimate of drug-likeness (QED) is 0.522. The van der Waals surface area contributed by atoms with Gasteiger partial charge in [0.05, 0.1) is 11.4 Å². The number of benzene rings is 1. The number of hydrogen-bond acceptors (Lipinski definition) is 6. The summed E-state index contributed by atoms with van der Waals surface area (Å²) in [5.41, 5.74) is 6.43. The van der Waals surface area contributed by atoms with E-state index in [2.05, 4.69) is 4.98 Å². The maximum atomic E-state index is 12.6. The zero-order valence-corrected chi connectivity index (χ0v) is 16.0. The molecule has 140 valence electrons. The first-order valence-electron chi connectivity index (χ1n) is 8.13. The number of Topliss-reactive ketones (excluding diaryl/α,β-unsaturated/α-hetero) is 1. The predicted molar refractivity (Wildman–Crippen MR) is 105 cm³/mol. The molecule has 0 aliphatic heterocycles. The van der Waals surface area contributed by atoms with Crippen molar-refractivity contribution in [3.63, 3.8) is 0 Å². The Balaban J connectivity index is 1.89. The van der Waals surface area contributed by atoms with Gasteiger partial charge >= 0.3 is 5.69 Å². The number of nitrogens with two attached hydrogens (primary N) is 1. The second-order valence-corrected chi connectivity index (χ2v) is 6.99. The van der Waals surface area contributed by atoms with Gasteiger partial charge in [0, 0.05) is 26.5 Å². The molecular weight excluding hydrogens is 366 g/mol. The van der Waals surface area contributed by atoms with Crippen LogP contribution in [0.15, 0.2) is 51.4 Å². The summed E-state index contributed by atoms with van der Waals surface area (Å²) in [4.78, 5) is 41.1. The van der Waals surface area contributed by atoms with Crippen molar-refractivity contribution in [2.45, 2.75) is 12.1 Å². The van der Waals surface area contributed by atoms with E-state index in [0.717, 1.165) is 20.4 Å². The van der Waals surface area contributed by atoms with Crippen LogP contribution in [-0.4, -0.2) is 30.2 Å². The molecule has 0 aliphatic rings. The molecule has 0 fully saturated rings. The van der Waals surface area contributed by atoms with Crippen molar-refractivity contribution in [1.82, 2.24) is 18.7 Å². The first-order chi connectivity index (χ1) is 12.8. The zero-order chi connectivity index (χ0) is 19.7. The molecular formula is C18H19N5O3S. The lowest BCUT2D eigenvalue weighted by Gasteiger charge is -2.12. The minimum Gasteiger partial charge on any atom is -0.384 e. The molecule has 8 nitrogen and oxygen atoms in total. The van der Waals surface area contributed by atoms with Crippen LogP contribution in [0.25, 0.3) is 5.69 Å². The van der Waals surface area contributed by atoms with E-state index in [1.54, 1.807) is 6.20 Å². The van der Waals surface area contributed by atoms with Gasteiger partial charge in [0.25, 0.3) is 5.56 Å². The van der Waals surface area contributed by atoms with E-state index in [1.807, 2.05) is 42.0 Å². The summed E-state index contributed by atoms with van der Waals surface area (Å²) in [7, 11) is 2.74. The average molecular weight is 385 g/mol. The Bertz CT molecular complexity index is 1140. The van der Waals surface area contributed by atoms with Gasteiger partial charge in [-0.15, -0.1) is 0 Å². The summed E-state index contributed by atoms with van der Waals surface area (Å²) in [5, 5.41) is 0.623. The first kappa shape index (κ1) is 18.7. The Morgan fingerprint density at radius 2 is 1.89 bits per heavy atom. The molecule has 0 saturated heterocycles. The molecule has 9 heteroatoms. The minimum atomic E-state index is -0.691. The van der Waals surface area contributed by atoms with Crippen molar-refractivity contribution in [2.24, 2.45) is 14.1 Å². The van der Waals surface area contributed by atoms with Gasteiger partial charge in [-0.1, -0.05) is 30.0 Å². The predicted octanol–water partition coefficient (Wildman–Crippen LogP) is 1.14. The van der Waals surface area contributed by atoms with Gasteiger partial charge in [-0.25, -0.2) is 9.78 Å². The molecule has 3 rings (SSSR count). The van der Waals surface area contributed by atoms with Crippen LogP contribution < -0.4 is 17.0 Å². The lowest BCUT2D eigenvalue weighted by molar-refractivity contribution is 0.102. The van der Waals surface area contributed by atoms with Crippen LogP contribution in [0.4, 0.5) is 5.82 Å². The maximum Gasteiger partial charge on any atom is 0.332 e. The standard InChI is InChI=1S/C18H19N5O3S/c1-11-6-4-5-7-12(11)23-9-8-20-17(23)27-10-13(24)14-15(19)21(2)18(26)22(3)16(14)25/h4-9H,10,19H2,1-3H3. The highest BCUT2D eigenvalue weighted by molar-refractivity contribution is 7.99. The fourth-order valence-electron chi connectivity index (χ4n) is 2.74. The molecule has 0 unspecified atom stereocenters. The molecule has 2 N–H and O–H groups in total. The fourth-order valence-corrected chi connectivity index (χ4v) is 3.58. The number of aromatic nitrogens is 4. The van der Waals surface area contributed by atoms with Gasteiger partial charge in [-0.3, -0.25) is 23.3 Å². The van der Waals surface area contributed by atoms with Gasteiger partial charge in [0.2, 0.25) is 0 Å². The van der Waals surface area contributed by atoms with E-state index in [4.69, 9.17) is 5.73 Å². The number of thioether (sulfide) groups is 1. The van der Waals surface area contributed by atoms with E-state index in [-0.39, 0.29) is 17.1 Å². The summed E-state index contributed by atoms with van der Waals surface area (Å²) >= 11 is 1.20. The van der Waals surface area contributed by atoms with Crippen LogP contribution in [0, 0.1) is 6.92 Å². The summed E-state index contributed by atoms with van der Waals surface area (Å²) in [5.74, 6) is -0.607. The third kappa shape index (κ3) is 3.33. The van der Waals surface area contributed by atoms with Crippen LogP contribution >= 0.6 is 11.8 Å². The number of carbonyl (C=O) groups excluding carboxylic acids is 1. The highest BCUT2D eigenvalue weighted by atomic mass is 32.2. The normalized spacial score (nSPS) is 10.9. The largest absolute Gasteiger partial charge is 0.384 e. The Morgan fingerprint density at radius 1 is 1.19 bits per heavy atom. The first-order valence-corrected chi connectivity index (χ1v) is 9.12. The van der Waals surface area contributed by atoms with Crippen LogP contribution in [-0.2, 0) is 14.1 Å². The van der Waals surface area contributed by atoms with Gasteiger partial charge in [0.1, 0.15) is 11.4 Å². The number of imidazole rings is 1. The molecule has 3 aromatic rings. The van der Waals surface area contributed by atoms with E-state index in [0.29, 0.717) is 5.16 Å². The third-order valence-electron chi connectivity index (χ3n) is 4.30. The summed E-state index contributed by atoms with van der Waals surface area (Å²) < 4.78 is 3.85. The third-order valence-corrected chi connectivity index (χ3v) is 5.27. The molecule has 1 aromatic carbocycles. The monoisotopic (exact) mass is 385 g/mol. The SMILES string of the molecule is Cc1ccccc1-n1ccnc1SCC(=O)c1c(N)n(C)c(=O)n(C)c1=O. The summed E-state index contributed by atoms with van der Waals surface area (Å²) in [6.07, 6.45) is 3.47. The lowest BCUT2D eigenvalue weighted by Crippen LogP contribution is -2.41. The van der Waals surface area contributed by atoms with Crippen molar-refractivity contribution in [3.05, 3.63) is 68.6 Å². The highest BCUT2D eigenvalue weighted by Gasteiger charge is 2.21. The highest BCUT2D eigenvalue weighted by Crippen LogP contribution is 2.23. The van der Waals surface area contributed by atoms with E-state index in [1.165, 1.54) is 25.9 Å². The number of anilines is 1. The fraction of sp³-hybridized carbons (Fsp3) is 0.222. The van der Waals surface area contributed by atoms with Gasteiger partial charge in [-0.2, -0.15) is 0 Å². The van der Waals surface area contributed by atoms with Crippen molar-refractivity contribution < 1.29 is 4.79 Å². The molecule has 0 saturated carbocycles. The molecule has 0 amide bonds. The average Bonchev–Trinajstić information content (AvgIpc) is 3.12. The number of aryl methyl sites for hydroxylation is 1. The lowest BCUT2D eigenvalue weighted by atomic mass is 10.2. The number of carbonyl (C=O) groups is 1. The number of hydrogen-bond donors (Lipinski definition) is 1. The zero-order valence-electron chi connectivity index (χ0n) is 15.2. The smallest absolute Gasteiger partial charge is 0.332 e. The number of nitrogens with zero attached hydrogens (tertiary/aromatic N) is 4. The van der Waals surface area contributed by atoms with E-state index in [9.17, 15) is 14.4 Å². The van der Waals surface area contributed by atoms with Crippen LogP contribution in [0.5, 0.6) is 0 Å². The number of rotatable bonds is 5. The minimum absolute atomic E-state index is 0.0272. The molecule has 27 heavy (non-hydrogen) atoms. The maximum absolute atomic E-state index is 12.6. The Hall–Kier alpha value is -3.07. The molecule has 0 atom stereocenters. The van der Waals surface area contributed by atoms with Crippen LogP contribution in [0.2, 0.25) is 0 Å². The number of para-hydroxylation sites is 1. The van der Waals surface area contributed by atoms with Crippen molar-refractivity contribution in [2.75, 3.05) is 11.5 Å². The Kier molecular flexibility index (Phi) is 5.04. The van der Waals surface area contributed by atoms with Gasteiger partial charge in [-0.05, 0) is 18.6 Å². The molecule has 2 aromatic heterocycles. The van der Waals surface area contributed by atoms with E-state index < -0.39 is 17.0 Å². The molecule has 0 bridgehead atoms. The summed E-state index contributed by atoms with van der Waals surface area (Å²) in [6.45, 7) is 1.99. The molecule has 0 spiro atoms. The number of nitrogen functional groups attached to an aromatic ring is 1. The van der Waals surface area contributed by atoms with Crippen molar-refractivity contribution >= 4 is 23.4 Å². The topological polar surface area (TPSA) is 105 Å². The van der Waals surface area contributed by atoms with Crippen LogP contribution in [0.3, 0.4) is 0 Å². The Morgan fingerprint density at radius 3 is 2.59 bits per heavy atom. The molecule has 2 heterocycles. The van der Waals surface area contributed by atoms with Crippen LogP contribution in [0.1, 0.15) is 15.9 Å². The van der Waals surface area contributed by atoms with E-state index >= 15 is 0 Å². The van der Waals surface area contributed by atoms with Gasteiger partial charge < -0.3 is 5.73 Å². The second kappa shape index (κ2) is 7.28. The van der Waals surface area contributed by atoms with Crippen molar-refractivity contribution in [1.29, 1.82) is 0 Å². The molecule has 0 radical (unpaired) electrons.